The summed E-state index contributed by atoms with van der Waals surface area (Å²) in [4.78, 5) is 0. The van der Waals surface area contributed by atoms with Gasteiger partial charge >= 0.3 is 0 Å². The van der Waals surface area contributed by atoms with Crippen molar-refractivity contribution in [2.45, 2.75) is 26.3 Å². The van der Waals surface area contributed by atoms with Crippen LogP contribution in [0.2, 0.25) is 0 Å². The SMILES string of the molecule is CC1(C)Cc2ccccc2C1Nc1ccc(F)c(Br)c1. The zero-order chi connectivity index (χ0) is 14.3. The van der Waals surface area contributed by atoms with E-state index in [1.54, 1.807) is 12.1 Å². The van der Waals surface area contributed by atoms with E-state index in [1.807, 2.05) is 0 Å². The number of anilines is 1. The van der Waals surface area contributed by atoms with Gasteiger partial charge in [-0.1, -0.05) is 38.1 Å². The molecule has 0 saturated carbocycles. The second-order valence-corrected chi connectivity index (χ2v) is 6.92. The maximum atomic E-state index is 13.3. The van der Waals surface area contributed by atoms with Crippen LogP contribution in [0.1, 0.15) is 31.0 Å². The van der Waals surface area contributed by atoms with Crippen molar-refractivity contribution in [1.82, 2.24) is 0 Å². The Bertz CT molecular complexity index is 651. The normalized spacial score (nSPS) is 19.7. The van der Waals surface area contributed by atoms with Crippen LogP contribution >= 0.6 is 15.9 Å². The third-order valence-electron chi connectivity index (χ3n) is 4.02. The van der Waals surface area contributed by atoms with Gasteiger partial charge in [0.1, 0.15) is 5.82 Å². The number of hydrogen-bond donors (Lipinski definition) is 1. The molecule has 0 bridgehead atoms. The van der Waals surface area contributed by atoms with Crippen molar-refractivity contribution in [2.75, 3.05) is 5.32 Å². The maximum Gasteiger partial charge on any atom is 0.137 e. The molecule has 2 aromatic carbocycles. The van der Waals surface area contributed by atoms with E-state index in [1.165, 1.54) is 17.2 Å². The minimum Gasteiger partial charge on any atom is -0.378 e. The molecule has 0 radical (unpaired) electrons. The van der Waals surface area contributed by atoms with E-state index >= 15 is 0 Å². The molecule has 1 atom stereocenters. The first kappa shape index (κ1) is 13.6. The smallest absolute Gasteiger partial charge is 0.137 e. The van der Waals surface area contributed by atoms with Crippen LogP contribution < -0.4 is 5.32 Å². The zero-order valence-corrected chi connectivity index (χ0v) is 13.2. The molecule has 2 aromatic rings. The van der Waals surface area contributed by atoms with E-state index < -0.39 is 0 Å². The van der Waals surface area contributed by atoms with Crippen molar-refractivity contribution in [3.8, 4) is 0 Å². The summed E-state index contributed by atoms with van der Waals surface area (Å²) in [5.74, 6) is -0.235. The highest BCUT2D eigenvalue weighted by molar-refractivity contribution is 9.10. The molecule has 1 unspecified atom stereocenters. The maximum absolute atomic E-state index is 13.3. The lowest BCUT2D eigenvalue weighted by Crippen LogP contribution is -2.24. The lowest BCUT2D eigenvalue weighted by molar-refractivity contribution is 0.337. The molecule has 3 heteroatoms. The Morgan fingerprint density at radius 1 is 1.20 bits per heavy atom. The van der Waals surface area contributed by atoms with Gasteiger partial charge in [0.2, 0.25) is 0 Å². The largest absolute Gasteiger partial charge is 0.378 e. The van der Waals surface area contributed by atoms with Gasteiger partial charge in [-0.05, 0) is 57.1 Å². The third-order valence-corrected chi connectivity index (χ3v) is 4.63. The van der Waals surface area contributed by atoms with Crippen LogP contribution in [-0.2, 0) is 6.42 Å². The molecule has 0 heterocycles. The summed E-state index contributed by atoms with van der Waals surface area (Å²) < 4.78 is 13.8. The number of halogens is 2. The van der Waals surface area contributed by atoms with Crippen molar-refractivity contribution in [1.29, 1.82) is 0 Å². The molecule has 1 N–H and O–H groups in total. The van der Waals surface area contributed by atoms with Gasteiger partial charge in [0, 0.05) is 5.69 Å². The van der Waals surface area contributed by atoms with Gasteiger partial charge in [0.05, 0.1) is 10.5 Å². The minimum atomic E-state index is -0.235. The van der Waals surface area contributed by atoms with Gasteiger partial charge in [-0.15, -0.1) is 0 Å². The van der Waals surface area contributed by atoms with Crippen LogP contribution in [0, 0.1) is 11.2 Å². The summed E-state index contributed by atoms with van der Waals surface area (Å²) in [5.41, 5.74) is 3.83. The predicted molar refractivity (Wildman–Crippen MR) is 84.4 cm³/mol. The van der Waals surface area contributed by atoms with Crippen molar-refractivity contribution in [3.05, 3.63) is 63.9 Å². The van der Waals surface area contributed by atoms with Crippen LogP contribution in [-0.4, -0.2) is 0 Å². The van der Waals surface area contributed by atoms with Crippen LogP contribution in [0.3, 0.4) is 0 Å². The average Bonchev–Trinajstić information content (AvgIpc) is 2.65. The number of benzene rings is 2. The summed E-state index contributed by atoms with van der Waals surface area (Å²) in [7, 11) is 0. The molecule has 20 heavy (non-hydrogen) atoms. The minimum absolute atomic E-state index is 0.143. The summed E-state index contributed by atoms with van der Waals surface area (Å²) in [5, 5.41) is 3.56. The molecule has 1 aliphatic carbocycles. The highest BCUT2D eigenvalue weighted by Gasteiger charge is 2.38. The Hall–Kier alpha value is -1.35. The Balaban J connectivity index is 1.94. The van der Waals surface area contributed by atoms with Crippen LogP contribution in [0.4, 0.5) is 10.1 Å². The van der Waals surface area contributed by atoms with Crippen molar-refractivity contribution in [3.63, 3.8) is 0 Å². The Labute approximate surface area is 127 Å². The lowest BCUT2D eigenvalue weighted by atomic mass is 9.85. The lowest BCUT2D eigenvalue weighted by Gasteiger charge is -2.29. The van der Waals surface area contributed by atoms with E-state index in [9.17, 15) is 4.39 Å². The summed E-state index contributed by atoms with van der Waals surface area (Å²) in [6.07, 6.45) is 1.06. The fraction of sp³-hybridized carbons (Fsp3) is 0.294. The molecule has 0 amide bonds. The second-order valence-electron chi connectivity index (χ2n) is 6.07. The predicted octanol–water partition coefficient (Wildman–Crippen LogP) is 5.32. The van der Waals surface area contributed by atoms with E-state index in [0.29, 0.717) is 4.47 Å². The molecule has 0 fully saturated rings. The molecule has 104 valence electrons. The van der Waals surface area contributed by atoms with Gasteiger partial charge in [-0.2, -0.15) is 0 Å². The topological polar surface area (TPSA) is 12.0 Å². The van der Waals surface area contributed by atoms with E-state index in [0.717, 1.165) is 12.1 Å². The first-order valence-corrected chi connectivity index (χ1v) is 7.56. The molecule has 0 aliphatic heterocycles. The molecule has 1 nitrogen and oxygen atoms in total. The summed E-state index contributed by atoms with van der Waals surface area (Å²) in [6, 6.07) is 13.9. The van der Waals surface area contributed by atoms with Gasteiger partial charge < -0.3 is 5.32 Å². The van der Waals surface area contributed by atoms with Gasteiger partial charge in [0.25, 0.3) is 0 Å². The van der Waals surface area contributed by atoms with E-state index in [2.05, 4.69) is 59.4 Å². The van der Waals surface area contributed by atoms with E-state index in [4.69, 9.17) is 0 Å². The molecule has 0 spiro atoms. The van der Waals surface area contributed by atoms with Crippen molar-refractivity contribution >= 4 is 21.6 Å². The Morgan fingerprint density at radius 3 is 2.70 bits per heavy atom. The molecule has 0 saturated heterocycles. The molecule has 3 rings (SSSR count). The first-order valence-electron chi connectivity index (χ1n) is 6.77. The Morgan fingerprint density at radius 2 is 1.95 bits per heavy atom. The monoisotopic (exact) mass is 333 g/mol. The first-order chi connectivity index (χ1) is 9.47. The van der Waals surface area contributed by atoms with Gasteiger partial charge in [-0.3, -0.25) is 0 Å². The number of rotatable bonds is 2. The third kappa shape index (κ3) is 2.35. The second kappa shape index (κ2) is 4.88. The van der Waals surface area contributed by atoms with E-state index in [-0.39, 0.29) is 17.3 Å². The van der Waals surface area contributed by atoms with Crippen molar-refractivity contribution in [2.24, 2.45) is 5.41 Å². The number of fused-ring (bicyclic) bond motifs is 1. The fourth-order valence-corrected chi connectivity index (χ4v) is 3.40. The standard InChI is InChI=1S/C17H17BrFN/c1-17(2)10-11-5-3-4-6-13(11)16(17)20-12-7-8-15(19)14(18)9-12/h3-9,16,20H,10H2,1-2H3. The van der Waals surface area contributed by atoms with Crippen LogP contribution in [0.15, 0.2) is 46.9 Å². The summed E-state index contributed by atoms with van der Waals surface area (Å²) in [6.45, 7) is 4.53. The molecule has 1 aliphatic rings. The molecule has 0 aromatic heterocycles. The fourth-order valence-electron chi connectivity index (χ4n) is 3.02. The van der Waals surface area contributed by atoms with Gasteiger partial charge in [-0.25, -0.2) is 4.39 Å². The molecular formula is C17H17BrFN. The quantitative estimate of drug-likeness (QED) is 0.783. The van der Waals surface area contributed by atoms with Gasteiger partial charge in [0.15, 0.2) is 0 Å². The Kier molecular flexibility index (Phi) is 3.33. The zero-order valence-electron chi connectivity index (χ0n) is 11.6. The average molecular weight is 334 g/mol. The number of nitrogens with one attached hydrogen (secondary N) is 1. The summed E-state index contributed by atoms with van der Waals surface area (Å²) >= 11 is 3.24. The van der Waals surface area contributed by atoms with Crippen LogP contribution in [0.5, 0.6) is 0 Å². The highest BCUT2D eigenvalue weighted by Crippen LogP contribution is 2.46. The van der Waals surface area contributed by atoms with Crippen LogP contribution in [0.25, 0.3) is 0 Å². The molecular weight excluding hydrogens is 317 g/mol. The number of hydrogen-bond acceptors (Lipinski definition) is 1. The highest BCUT2D eigenvalue weighted by atomic mass is 79.9. The van der Waals surface area contributed by atoms with Crippen molar-refractivity contribution < 1.29 is 4.39 Å².